The topological polar surface area (TPSA) is 93.4 Å². The number of halogens is 2. The molecule has 0 atom stereocenters. The Morgan fingerprint density at radius 3 is 2.65 bits per heavy atom. The van der Waals surface area contributed by atoms with Gasteiger partial charge in [0.1, 0.15) is 5.75 Å². The maximum atomic E-state index is 11.3. The van der Waals surface area contributed by atoms with Crippen molar-refractivity contribution >= 4 is 35.1 Å². The number of benzene rings is 1. The molecule has 20 heavy (non-hydrogen) atoms. The lowest BCUT2D eigenvalue weighted by molar-refractivity contribution is -0.121. The average Bonchev–Trinajstić information content (AvgIpc) is 2.33. The van der Waals surface area contributed by atoms with Crippen molar-refractivity contribution in [3.8, 4) is 5.75 Å². The summed E-state index contributed by atoms with van der Waals surface area (Å²) in [6, 6.07) is 2.27. The maximum absolute atomic E-state index is 11.3. The average molecular weight is 320 g/mol. The monoisotopic (exact) mass is 319 g/mol. The standard InChI is InChI=1S/C12H15Cl2N3O3/c1-2-16-5-7-3-8(13)4-9(14)11(7)20-6-10(18)17-12(15)19/h3-4,16H,2,5-6H2,1H3,(H3,15,17,18,19). The Kier molecular flexibility index (Phi) is 6.57. The summed E-state index contributed by atoms with van der Waals surface area (Å²) in [7, 11) is 0. The predicted octanol–water partition coefficient (Wildman–Crippen LogP) is 1.68. The Hall–Kier alpha value is -1.50. The number of nitrogens with one attached hydrogen (secondary N) is 2. The molecule has 6 nitrogen and oxygen atoms in total. The van der Waals surface area contributed by atoms with Gasteiger partial charge in [0, 0.05) is 17.1 Å². The number of imide groups is 1. The van der Waals surface area contributed by atoms with E-state index in [-0.39, 0.29) is 11.6 Å². The van der Waals surface area contributed by atoms with Crippen LogP contribution in [0.3, 0.4) is 0 Å². The van der Waals surface area contributed by atoms with Crippen LogP contribution < -0.4 is 21.1 Å². The molecule has 4 N–H and O–H groups in total. The molecular weight excluding hydrogens is 305 g/mol. The normalized spacial score (nSPS) is 10.2. The van der Waals surface area contributed by atoms with Crippen LogP contribution in [0.15, 0.2) is 12.1 Å². The van der Waals surface area contributed by atoms with E-state index in [0.717, 1.165) is 12.1 Å². The van der Waals surface area contributed by atoms with Crippen LogP contribution in [0, 0.1) is 0 Å². The summed E-state index contributed by atoms with van der Waals surface area (Å²) in [5, 5.41) is 5.76. The minimum atomic E-state index is -0.936. The molecule has 0 radical (unpaired) electrons. The summed E-state index contributed by atoms with van der Waals surface area (Å²) in [6.45, 7) is 2.83. The molecule has 0 heterocycles. The summed E-state index contributed by atoms with van der Waals surface area (Å²) >= 11 is 12.0. The molecule has 1 aromatic carbocycles. The van der Waals surface area contributed by atoms with Crippen molar-refractivity contribution < 1.29 is 14.3 Å². The first-order valence-corrected chi connectivity index (χ1v) is 6.60. The van der Waals surface area contributed by atoms with Gasteiger partial charge in [-0.15, -0.1) is 0 Å². The van der Waals surface area contributed by atoms with E-state index in [0.29, 0.717) is 17.3 Å². The Balaban J connectivity index is 2.81. The van der Waals surface area contributed by atoms with Crippen molar-refractivity contribution in [2.45, 2.75) is 13.5 Å². The van der Waals surface area contributed by atoms with Crippen LogP contribution in [0.1, 0.15) is 12.5 Å². The molecule has 8 heteroatoms. The molecule has 0 aromatic heterocycles. The number of carbonyl (C=O) groups excluding carboxylic acids is 2. The van der Waals surface area contributed by atoms with Gasteiger partial charge >= 0.3 is 6.03 Å². The van der Waals surface area contributed by atoms with E-state index < -0.39 is 11.9 Å². The lowest BCUT2D eigenvalue weighted by Gasteiger charge is -2.13. The van der Waals surface area contributed by atoms with Crippen molar-refractivity contribution in [2.75, 3.05) is 13.2 Å². The molecule has 110 valence electrons. The first-order chi connectivity index (χ1) is 9.43. The van der Waals surface area contributed by atoms with Crippen molar-refractivity contribution in [1.82, 2.24) is 10.6 Å². The summed E-state index contributed by atoms with van der Waals surface area (Å²) in [5.41, 5.74) is 5.55. The summed E-state index contributed by atoms with van der Waals surface area (Å²) in [4.78, 5) is 21.8. The van der Waals surface area contributed by atoms with Gasteiger partial charge in [-0.2, -0.15) is 0 Å². The molecule has 0 aliphatic rings. The molecule has 0 aliphatic carbocycles. The number of nitrogens with two attached hydrogens (primary N) is 1. The van der Waals surface area contributed by atoms with Gasteiger partial charge in [0.05, 0.1) is 5.02 Å². The number of carbonyl (C=O) groups is 2. The maximum Gasteiger partial charge on any atom is 0.318 e. The molecule has 1 rings (SSSR count). The van der Waals surface area contributed by atoms with Crippen molar-refractivity contribution in [3.63, 3.8) is 0 Å². The lowest BCUT2D eigenvalue weighted by atomic mass is 10.2. The first kappa shape index (κ1) is 16.6. The van der Waals surface area contributed by atoms with Crippen LogP contribution in [0.4, 0.5) is 4.79 Å². The number of primary amides is 1. The van der Waals surface area contributed by atoms with Crippen molar-refractivity contribution in [1.29, 1.82) is 0 Å². The Bertz CT molecular complexity index is 509. The minimum absolute atomic E-state index is 0.289. The molecule has 0 aliphatic heterocycles. The largest absolute Gasteiger partial charge is 0.482 e. The molecule has 3 amide bonds. The van der Waals surface area contributed by atoms with Gasteiger partial charge < -0.3 is 15.8 Å². The number of ether oxygens (including phenoxy) is 1. The van der Waals surface area contributed by atoms with Crippen LogP contribution in [0.2, 0.25) is 10.0 Å². The quantitative estimate of drug-likeness (QED) is 0.743. The summed E-state index contributed by atoms with van der Waals surface area (Å²) in [5.74, 6) is -0.311. The zero-order chi connectivity index (χ0) is 15.1. The Morgan fingerprint density at radius 1 is 1.35 bits per heavy atom. The van der Waals surface area contributed by atoms with Crippen LogP contribution in [-0.2, 0) is 11.3 Å². The fourth-order valence-electron chi connectivity index (χ4n) is 1.48. The van der Waals surface area contributed by atoms with Gasteiger partial charge in [0.15, 0.2) is 6.61 Å². The second-order valence-electron chi connectivity index (χ2n) is 3.86. The number of amides is 3. The van der Waals surface area contributed by atoms with Gasteiger partial charge in [0.25, 0.3) is 5.91 Å². The molecule has 0 saturated carbocycles. The molecule has 1 aromatic rings. The Morgan fingerprint density at radius 2 is 2.05 bits per heavy atom. The number of urea groups is 1. The highest BCUT2D eigenvalue weighted by Gasteiger charge is 2.13. The van der Waals surface area contributed by atoms with E-state index in [9.17, 15) is 9.59 Å². The first-order valence-electron chi connectivity index (χ1n) is 5.84. The predicted molar refractivity (Wildman–Crippen MR) is 77.1 cm³/mol. The fourth-order valence-corrected chi connectivity index (χ4v) is 2.07. The smallest absolute Gasteiger partial charge is 0.318 e. The minimum Gasteiger partial charge on any atom is -0.482 e. The van der Waals surface area contributed by atoms with E-state index >= 15 is 0 Å². The van der Waals surface area contributed by atoms with Gasteiger partial charge in [-0.1, -0.05) is 30.1 Å². The summed E-state index contributed by atoms with van der Waals surface area (Å²) < 4.78 is 5.33. The molecule has 0 unspecified atom stereocenters. The summed E-state index contributed by atoms with van der Waals surface area (Å²) in [6.07, 6.45) is 0. The van der Waals surface area contributed by atoms with Crippen LogP contribution in [-0.4, -0.2) is 25.1 Å². The third-order valence-corrected chi connectivity index (χ3v) is 2.76. The molecule has 0 saturated heterocycles. The highest BCUT2D eigenvalue weighted by molar-refractivity contribution is 6.35. The van der Waals surface area contributed by atoms with Crippen molar-refractivity contribution in [3.05, 3.63) is 27.7 Å². The second-order valence-corrected chi connectivity index (χ2v) is 4.70. The fraction of sp³-hybridized carbons (Fsp3) is 0.333. The molecule has 0 bridgehead atoms. The van der Waals surface area contributed by atoms with Gasteiger partial charge in [-0.05, 0) is 18.7 Å². The van der Waals surface area contributed by atoms with Crippen LogP contribution in [0.5, 0.6) is 5.75 Å². The lowest BCUT2D eigenvalue weighted by Crippen LogP contribution is -2.38. The van der Waals surface area contributed by atoms with Crippen LogP contribution in [0.25, 0.3) is 0 Å². The van der Waals surface area contributed by atoms with E-state index in [1.807, 2.05) is 12.2 Å². The van der Waals surface area contributed by atoms with Gasteiger partial charge in [-0.25, -0.2) is 4.79 Å². The zero-order valence-corrected chi connectivity index (χ0v) is 12.3. The Labute approximate surface area is 126 Å². The van der Waals surface area contributed by atoms with Gasteiger partial charge in [0.2, 0.25) is 0 Å². The SMILES string of the molecule is CCNCc1cc(Cl)cc(Cl)c1OCC(=O)NC(N)=O. The molecular formula is C12H15Cl2N3O3. The number of hydrogen-bond donors (Lipinski definition) is 3. The number of rotatable bonds is 6. The van der Waals surface area contributed by atoms with E-state index in [1.165, 1.54) is 6.07 Å². The van der Waals surface area contributed by atoms with E-state index in [1.54, 1.807) is 6.07 Å². The highest BCUT2D eigenvalue weighted by atomic mass is 35.5. The van der Waals surface area contributed by atoms with Gasteiger partial charge in [-0.3, -0.25) is 10.1 Å². The zero-order valence-electron chi connectivity index (χ0n) is 10.8. The third-order valence-electron chi connectivity index (χ3n) is 2.26. The molecule has 0 fully saturated rings. The van der Waals surface area contributed by atoms with Crippen LogP contribution >= 0.6 is 23.2 Å². The van der Waals surface area contributed by atoms with E-state index in [2.05, 4.69) is 5.32 Å². The second kappa shape index (κ2) is 7.94. The highest BCUT2D eigenvalue weighted by Crippen LogP contribution is 2.32. The van der Waals surface area contributed by atoms with E-state index in [4.69, 9.17) is 33.7 Å². The molecule has 0 spiro atoms. The van der Waals surface area contributed by atoms with Crippen molar-refractivity contribution in [2.24, 2.45) is 5.73 Å². The third kappa shape index (κ3) is 5.24. The number of hydrogen-bond acceptors (Lipinski definition) is 4.